The molecule has 22 heavy (non-hydrogen) atoms. The molecule has 5 heteroatoms. The average molecular weight is 306 g/mol. The molecule has 0 aliphatic carbocycles. The van der Waals surface area contributed by atoms with Crippen molar-refractivity contribution in [2.75, 3.05) is 20.2 Å². The van der Waals surface area contributed by atoms with Gasteiger partial charge in [-0.2, -0.15) is 0 Å². The highest BCUT2D eigenvalue weighted by Gasteiger charge is 2.32. The maximum atomic E-state index is 12.3. The fraction of sp³-hybridized carbons (Fsp3) is 0.588. The molecule has 1 aromatic carbocycles. The first kappa shape index (κ1) is 16.6. The summed E-state index contributed by atoms with van der Waals surface area (Å²) in [5.74, 6) is 0.998. The van der Waals surface area contributed by atoms with E-state index < -0.39 is 5.60 Å². The van der Waals surface area contributed by atoms with Gasteiger partial charge in [-0.1, -0.05) is 18.2 Å². The molecule has 0 saturated carbocycles. The van der Waals surface area contributed by atoms with Gasteiger partial charge in [-0.25, -0.2) is 4.79 Å². The number of hydrogen-bond acceptors (Lipinski definition) is 4. The highest BCUT2D eigenvalue weighted by molar-refractivity contribution is 5.68. The number of nitrogens with zero attached hydrogens (tertiary/aromatic N) is 1. The van der Waals surface area contributed by atoms with Crippen molar-refractivity contribution in [1.29, 1.82) is 0 Å². The van der Waals surface area contributed by atoms with Gasteiger partial charge in [0.05, 0.1) is 7.11 Å². The maximum absolute atomic E-state index is 12.3. The van der Waals surface area contributed by atoms with Crippen molar-refractivity contribution in [1.82, 2.24) is 4.90 Å². The molecular weight excluding hydrogens is 280 g/mol. The molecule has 1 aliphatic rings. The van der Waals surface area contributed by atoms with E-state index in [-0.39, 0.29) is 18.1 Å². The third-order valence-corrected chi connectivity index (χ3v) is 3.71. The van der Waals surface area contributed by atoms with Crippen molar-refractivity contribution in [3.63, 3.8) is 0 Å². The van der Waals surface area contributed by atoms with Gasteiger partial charge in [0, 0.05) is 25.0 Å². The number of nitrogens with two attached hydrogens (primary N) is 1. The van der Waals surface area contributed by atoms with Gasteiger partial charge in [0.2, 0.25) is 0 Å². The zero-order valence-electron chi connectivity index (χ0n) is 13.8. The van der Waals surface area contributed by atoms with Crippen LogP contribution < -0.4 is 10.5 Å². The van der Waals surface area contributed by atoms with E-state index in [0.717, 1.165) is 17.7 Å². The normalized spacial score (nSPS) is 22.3. The molecule has 2 atom stereocenters. The van der Waals surface area contributed by atoms with Crippen LogP contribution in [0.3, 0.4) is 0 Å². The Kier molecular flexibility index (Phi) is 4.96. The molecule has 0 aromatic heterocycles. The van der Waals surface area contributed by atoms with Gasteiger partial charge in [0.15, 0.2) is 0 Å². The third kappa shape index (κ3) is 4.13. The van der Waals surface area contributed by atoms with Crippen molar-refractivity contribution in [2.24, 2.45) is 5.73 Å². The van der Waals surface area contributed by atoms with Crippen LogP contribution in [0.15, 0.2) is 24.3 Å². The highest BCUT2D eigenvalue weighted by Crippen LogP contribution is 2.33. The number of amides is 1. The standard InChI is InChI=1S/C17H26N2O3/c1-17(2,3)22-16(20)19-10-12(9-13(18)11-19)14-7-5-6-8-15(14)21-4/h5-8,12-13H,9-11,18H2,1-4H3/t12-,13+/m0/s1. The minimum Gasteiger partial charge on any atom is -0.496 e. The molecular formula is C17H26N2O3. The predicted molar refractivity (Wildman–Crippen MR) is 86.1 cm³/mol. The second-order valence-corrected chi connectivity index (χ2v) is 6.82. The van der Waals surface area contributed by atoms with Crippen molar-refractivity contribution < 1.29 is 14.3 Å². The largest absolute Gasteiger partial charge is 0.496 e. The summed E-state index contributed by atoms with van der Waals surface area (Å²) in [6, 6.07) is 7.84. The van der Waals surface area contributed by atoms with Crippen LogP contribution in [-0.4, -0.2) is 42.8 Å². The highest BCUT2D eigenvalue weighted by atomic mass is 16.6. The Labute approximate surface area is 132 Å². The number of piperidine rings is 1. The Balaban J connectivity index is 2.16. The zero-order chi connectivity index (χ0) is 16.3. The number of methoxy groups -OCH3 is 1. The summed E-state index contributed by atoms with van der Waals surface area (Å²) in [5, 5.41) is 0. The first-order valence-corrected chi connectivity index (χ1v) is 7.66. The summed E-state index contributed by atoms with van der Waals surface area (Å²) in [7, 11) is 1.66. The second kappa shape index (κ2) is 6.57. The number of carbonyl (C=O) groups excluding carboxylic acids is 1. The fourth-order valence-electron chi connectivity index (χ4n) is 2.84. The van der Waals surface area contributed by atoms with Crippen molar-refractivity contribution in [3.8, 4) is 5.75 Å². The number of hydrogen-bond donors (Lipinski definition) is 1. The van der Waals surface area contributed by atoms with Crippen LogP contribution in [0, 0.1) is 0 Å². The van der Waals surface area contributed by atoms with Crippen LogP contribution in [0.1, 0.15) is 38.7 Å². The van der Waals surface area contributed by atoms with E-state index in [9.17, 15) is 4.79 Å². The van der Waals surface area contributed by atoms with Crippen LogP contribution in [-0.2, 0) is 4.74 Å². The van der Waals surface area contributed by atoms with Crippen LogP contribution in [0.4, 0.5) is 4.79 Å². The lowest BCUT2D eigenvalue weighted by Gasteiger charge is -2.37. The first-order valence-electron chi connectivity index (χ1n) is 7.66. The maximum Gasteiger partial charge on any atom is 0.410 e. The predicted octanol–water partition coefficient (Wildman–Crippen LogP) is 2.75. The van der Waals surface area contributed by atoms with Gasteiger partial charge in [-0.3, -0.25) is 0 Å². The summed E-state index contributed by atoms with van der Waals surface area (Å²) in [4.78, 5) is 14.0. The summed E-state index contributed by atoms with van der Waals surface area (Å²) in [5.41, 5.74) is 6.75. The Morgan fingerprint density at radius 3 is 2.59 bits per heavy atom. The molecule has 122 valence electrons. The van der Waals surface area contributed by atoms with Gasteiger partial charge in [-0.05, 0) is 38.8 Å². The Morgan fingerprint density at radius 1 is 1.27 bits per heavy atom. The van der Waals surface area contributed by atoms with Gasteiger partial charge in [0.25, 0.3) is 0 Å². The molecule has 0 radical (unpaired) electrons. The number of ether oxygens (including phenoxy) is 2. The summed E-state index contributed by atoms with van der Waals surface area (Å²) >= 11 is 0. The second-order valence-electron chi connectivity index (χ2n) is 6.82. The Bertz CT molecular complexity index is 525. The molecule has 1 saturated heterocycles. The quantitative estimate of drug-likeness (QED) is 0.912. The molecule has 2 N–H and O–H groups in total. The molecule has 2 rings (SSSR count). The van der Waals surface area contributed by atoms with Crippen LogP contribution in [0.5, 0.6) is 5.75 Å². The minimum absolute atomic E-state index is 0.0591. The lowest BCUT2D eigenvalue weighted by atomic mass is 9.88. The zero-order valence-corrected chi connectivity index (χ0v) is 13.8. The number of likely N-dealkylation sites (tertiary alicyclic amines) is 1. The van der Waals surface area contributed by atoms with Crippen LogP contribution in [0.2, 0.25) is 0 Å². The van der Waals surface area contributed by atoms with Crippen LogP contribution >= 0.6 is 0 Å². The van der Waals surface area contributed by atoms with Gasteiger partial charge in [-0.15, -0.1) is 0 Å². The Hall–Kier alpha value is -1.75. The van der Waals surface area contributed by atoms with E-state index in [1.807, 2.05) is 45.0 Å². The summed E-state index contributed by atoms with van der Waals surface area (Å²) < 4.78 is 10.9. The molecule has 0 unspecified atom stereocenters. The van der Waals surface area contributed by atoms with Crippen molar-refractivity contribution in [3.05, 3.63) is 29.8 Å². The molecule has 1 aromatic rings. The van der Waals surface area contributed by atoms with E-state index in [1.54, 1.807) is 12.0 Å². The smallest absolute Gasteiger partial charge is 0.410 e. The molecule has 0 bridgehead atoms. The summed E-state index contributed by atoms with van der Waals surface area (Å²) in [6.45, 7) is 6.73. The number of benzene rings is 1. The van der Waals surface area contributed by atoms with Crippen LogP contribution in [0.25, 0.3) is 0 Å². The molecule has 1 heterocycles. The van der Waals surface area contributed by atoms with Crippen molar-refractivity contribution >= 4 is 6.09 Å². The van der Waals surface area contributed by atoms with Gasteiger partial charge >= 0.3 is 6.09 Å². The topological polar surface area (TPSA) is 64.8 Å². The Morgan fingerprint density at radius 2 is 1.95 bits per heavy atom. The van der Waals surface area contributed by atoms with Gasteiger partial charge < -0.3 is 20.1 Å². The van der Waals surface area contributed by atoms with Crippen molar-refractivity contribution in [2.45, 2.75) is 44.8 Å². The number of rotatable bonds is 2. The number of para-hydroxylation sites is 1. The minimum atomic E-state index is -0.501. The molecule has 0 spiro atoms. The molecule has 1 aliphatic heterocycles. The van der Waals surface area contributed by atoms with E-state index in [4.69, 9.17) is 15.2 Å². The lowest BCUT2D eigenvalue weighted by molar-refractivity contribution is 0.0180. The fourth-order valence-corrected chi connectivity index (χ4v) is 2.84. The third-order valence-electron chi connectivity index (χ3n) is 3.71. The molecule has 1 fully saturated rings. The average Bonchev–Trinajstić information content (AvgIpc) is 2.44. The SMILES string of the molecule is COc1ccccc1[C@H]1C[C@@H](N)CN(C(=O)OC(C)(C)C)C1. The number of carbonyl (C=O) groups is 1. The van der Waals surface area contributed by atoms with E-state index in [1.165, 1.54) is 0 Å². The summed E-state index contributed by atoms with van der Waals surface area (Å²) in [6.07, 6.45) is 0.530. The van der Waals surface area contributed by atoms with E-state index >= 15 is 0 Å². The van der Waals surface area contributed by atoms with E-state index in [0.29, 0.717) is 13.1 Å². The monoisotopic (exact) mass is 306 g/mol. The molecule has 1 amide bonds. The van der Waals surface area contributed by atoms with Gasteiger partial charge in [0.1, 0.15) is 11.4 Å². The van der Waals surface area contributed by atoms with E-state index in [2.05, 4.69) is 0 Å². The molecule has 5 nitrogen and oxygen atoms in total. The lowest BCUT2D eigenvalue weighted by Crippen LogP contribution is -2.50. The first-order chi connectivity index (χ1) is 10.3.